The molecular formula is C7H14N2. The van der Waals surface area contributed by atoms with E-state index >= 15 is 0 Å². The molecule has 2 saturated heterocycles. The lowest BCUT2D eigenvalue weighted by Crippen LogP contribution is -2.55. The lowest BCUT2D eigenvalue weighted by Gasteiger charge is -2.43. The summed E-state index contributed by atoms with van der Waals surface area (Å²) in [5.74, 6) is 0.991. The smallest absolute Gasteiger partial charge is 0.0273 e. The number of rotatable bonds is 1. The van der Waals surface area contributed by atoms with Crippen LogP contribution in [-0.4, -0.2) is 37.1 Å². The molecule has 2 unspecified atom stereocenters. The SMILES string of the molecule is CCN1CC2CNCC21. The van der Waals surface area contributed by atoms with Crippen LogP contribution in [0, 0.1) is 5.92 Å². The molecule has 0 radical (unpaired) electrons. The summed E-state index contributed by atoms with van der Waals surface area (Å²) >= 11 is 0. The molecule has 0 aliphatic carbocycles. The molecule has 9 heavy (non-hydrogen) atoms. The van der Waals surface area contributed by atoms with E-state index in [4.69, 9.17) is 0 Å². The standard InChI is InChI=1S/C7H14N2/c1-2-9-5-6-3-8-4-7(6)9/h6-8H,2-5H2,1H3. The normalized spacial score (nSPS) is 42.3. The number of hydrogen-bond acceptors (Lipinski definition) is 2. The van der Waals surface area contributed by atoms with Gasteiger partial charge in [-0.15, -0.1) is 0 Å². The molecular weight excluding hydrogens is 112 g/mol. The number of fused-ring (bicyclic) bond motifs is 1. The Labute approximate surface area is 56.2 Å². The van der Waals surface area contributed by atoms with E-state index in [0.717, 1.165) is 12.0 Å². The zero-order chi connectivity index (χ0) is 6.27. The number of likely N-dealkylation sites (tertiary alicyclic amines) is 1. The summed E-state index contributed by atoms with van der Waals surface area (Å²) in [7, 11) is 0. The molecule has 2 atom stereocenters. The molecule has 0 bridgehead atoms. The predicted octanol–water partition coefficient (Wildman–Crippen LogP) is -0.0901. The van der Waals surface area contributed by atoms with Gasteiger partial charge in [0.05, 0.1) is 0 Å². The third-order valence-electron chi connectivity index (χ3n) is 2.65. The fourth-order valence-corrected chi connectivity index (χ4v) is 2.00. The molecule has 0 aromatic heterocycles. The largest absolute Gasteiger partial charge is 0.315 e. The Bertz CT molecular complexity index is 113. The number of nitrogens with one attached hydrogen (secondary N) is 1. The fourth-order valence-electron chi connectivity index (χ4n) is 2.00. The first-order valence-electron chi connectivity index (χ1n) is 3.86. The minimum atomic E-state index is 0.898. The van der Waals surface area contributed by atoms with Crippen molar-refractivity contribution < 1.29 is 0 Å². The molecule has 2 heteroatoms. The van der Waals surface area contributed by atoms with E-state index in [0.29, 0.717) is 0 Å². The van der Waals surface area contributed by atoms with E-state index < -0.39 is 0 Å². The molecule has 2 fully saturated rings. The topological polar surface area (TPSA) is 15.3 Å². The van der Waals surface area contributed by atoms with Gasteiger partial charge in [0, 0.05) is 31.6 Å². The summed E-state index contributed by atoms with van der Waals surface area (Å²) in [5, 5.41) is 3.41. The summed E-state index contributed by atoms with van der Waals surface area (Å²) < 4.78 is 0. The van der Waals surface area contributed by atoms with Crippen molar-refractivity contribution >= 4 is 0 Å². The summed E-state index contributed by atoms with van der Waals surface area (Å²) in [5.41, 5.74) is 0. The van der Waals surface area contributed by atoms with Gasteiger partial charge < -0.3 is 5.32 Å². The number of likely N-dealkylation sites (N-methyl/N-ethyl adjacent to an activating group) is 1. The molecule has 2 nitrogen and oxygen atoms in total. The predicted molar refractivity (Wildman–Crippen MR) is 37.4 cm³/mol. The highest BCUT2D eigenvalue weighted by atomic mass is 15.3. The summed E-state index contributed by atoms with van der Waals surface area (Å²) in [6, 6.07) is 0.898. The van der Waals surface area contributed by atoms with E-state index in [1.807, 2.05) is 0 Å². The van der Waals surface area contributed by atoms with Crippen molar-refractivity contribution in [2.45, 2.75) is 13.0 Å². The second-order valence-corrected chi connectivity index (χ2v) is 3.07. The first kappa shape index (κ1) is 5.69. The van der Waals surface area contributed by atoms with Gasteiger partial charge in [-0.05, 0) is 6.54 Å². The average Bonchev–Trinajstić information content (AvgIpc) is 2.14. The van der Waals surface area contributed by atoms with Crippen LogP contribution in [0.5, 0.6) is 0 Å². The van der Waals surface area contributed by atoms with Crippen molar-refractivity contribution in [3.63, 3.8) is 0 Å². The maximum absolute atomic E-state index is 3.41. The van der Waals surface area contributed by atoms with Crippen molar-refractivity contribution in [1.29, 1.82) is 0 Å². The highest BCUT2D eigenvalue weighted by Gasteiger charge is 2.40. The molecule has 0 aromatic rings. The van der Waals surface area contributed by atoms with Crippen molar-refractivity contribution in [2.24, 2.45) is 5.92 Å². The van der Waals surface area contributed by atoms with Gasteiger partial charge >= 0.3 is 0 Å². The van der Waals surface area contributed by atoms with Crippen LogP contribution in [0.25, 0.3) is 0 Å². The molecule has 2 aliphatic rings. The van der Waals surface area contributed by atoms with Crippen molar-refractivity contribution in [3.8, 4) is 0 Å². The first-order chi connectivity index (χ1) is 4.42. The quantitative estimate of drug-likeness (QED) is 0.528. The molecule has 0 amide bonds. The van der Waals surface area contributed by atoms with E-state index in [1.165, 1.54) is 26.2 Å². The van der Waals surface area contributed by atoms with Gasteiger partial charge in [0.2, 0.25) is 0 Å². The number of hydrogen-bond donors (Lipinski definition) is 1. The zero-order valence-corrected chi connectivity index (χ0v) is 5.93. The van der Waals surface area contributed by atoms with Gasteiger partial charge in [-0.1, -0.05) is 6.92 Å². The first-order valence-corrected chi connectivity index (χ1v) is 3.86. The third-order valence-corrected chi connectivity index (χ3v) is 2.65. The average molecular weight is 126 g/mol. The zero-order valence-electron chi connectivity index (χ0n) is 5.93. The lowest BCUT2D eigenvalue weighted by molar-refractivity contribution is 0.0580. The van der Waals surface area contributed by atoms with E-state index in [1.54, 1.807) is 0 Å². The monoisotopic (exact) mass is 126 g/mol. The van der Waals surface area contributed by atoms with Crippen LogP contribution >= 0.6 is 0 Å². The second-order valence-electron chi connectivity index (χ2n) is 3.07. The van der Waals surface area contributed by atoms with E-state index in [-0.39, 0.29) is 0 Å². The number of nitrogens with zero attached hydrogens (tertiary/aromatic N) is 1. The summed E-state index contributed by atoms with van der Waals surface area (Å²) in [4.78, 5) is 2.55. The maximum Gasteiger partial charge on any atom is 0.0273 e. The van der Waals surface area contributed by atoms with Crippen LogP contribution in [0.1, 0.15) is 6.92 Å². The van der Waals surface area contributed by atoms with Crippen LogP contribution < -0.4 is 5.32 Å². The molecule has 0 spiro atoms. The third kappa shape index (κ3) is 0.700. The Balaban J connectivity index is 1.93. The molecule has 0 aromatic carbocycles. The van der Waals surface area contributed by atoms with Crippen molar-refractivity contribution in [3.05, 3.63) is 0 Å². The van der Waals surface area contributed by atoms with Gasteiger partial charge in [-0.3, -0.25) is 4.90 Å². The maximum atomic E-state index is 3.41. The molecule has 2 rings (SSSR count). The van der Waals surface area contributed by atoms with Gasteiger partial charge in [0.15, 0.2) is 0 Å². The minimum Gasteiger partial charge on any atom is -0.315 e. The molecule has 2 heterocycles. The Morgan fingerprint density at radius 3 is 3.11 bits per heavy atom. The minimum absolute atomic E-state index is 0.898. The van der Waals surface area contributed by atoms with E-state index in [9.17, 15) is 0 Å². The highest BCUT2D eigenvalue weighted by molar-refractivity contribution is 4.98. The highest BCUT2D eigenvalue weighted by Crippen LogP contribution is 2.26. The van der Waals surface area contributed by atoms with Crippen LogP contribution in [0.3, 0.4) is 0 Å². The van der Waals surface area contributed by atoms with Crippen molar-refractivity contribution in [2.75, 3.05) is 26.2 Å². The Kier molecular flexibility index (Phi) is 1.24. The molecule has 2 aliphatic heterocycles. The van der Waals surface area contributed by atoms with Crippen LogP contribution in [0.2, 0.25) is 0 Å². The van der Waals surface area contributed by atoms with Crippen LogP contribution in [0.4, 0.5) is 0 Å². The molecule has 52 valence electrons. The molecule has 1 N–H and O–H groups in total. The van der Waals surface area contributed by atoms with Gasteiger partial charge in [0.1, 0.15) is 0 Å². The van der Waals surface area contributed by atoms with Gasteiger partial charge in [-0.25, -0.2) is 0 Å². The van der Waals surface area contributed by atoms with Gasteiger partial charge in [-0.2, -0.15) is 0 Å². The molecule has 0 saturated carbocycles. The van der Waals surface area contributed by atoms with Crippen LogP contribution in [-0.2, 0) is 0 Å². The van der Waals surface area contributed by atoms with E-state index in [2.05, 4.69) is 17.1 Å². The Morgan fingerprint density at radius 1 is 1.56 bits per heavy atom. The van der Waals surface area contributed by atoms with Crippen molar-refractivity contribution in [1.82, 2.24) is 10.2 Å². The van der Waals surface area contributed by atoms with Gasteiger partial charge in [0.25, 0.3) is 0 Å². The Hall–Kier alpha value is -0.0800. The summed E-state index contributed by atoms with van der Waals surface area (Å²) in [6.07, 6.45) is 0. The lowest BCUT2D eigenvalue weighted by atomic mass is 9.92. The Morgan fingerprint density at radius 2 is 2.44 bits per heavy atom. The fraction of sp³-hybridized carbons (Fsp3) is 1.00. The summed E-state index contributed by atoms with van der Waals surface area (Å²) in [6.45, 7) is 7.32. The van der Waals surface area contributed by atoms with Crippen LogP contribution in [0.15, 0.2) is 0 Å². The second kappa shape index (κ2) is 1.96.